The van der Waals surface area contributed by atoms with Crippen molar-refractivity contribution in [2.75, 3.05) is 12.3 Å². The topological polar surface area (TPSA) is 73.6 Å². The summed E-state index contributed by atoms with van der Waals surface area (Å²) < 4.78 is 45.1. The van der Waals surface area contributed by atoms with E-state index < -0.39 is 18.1 Å². The van der Waals surface area contributed by atoms with Crippen LogP contribution >= 0.6 is 0 Å². The van der Waals surface area contributed by atoms with Gasteiger partial charge in [-0.1, -0.05) is 12.2 Å². The zero-order chi connectivity index (χ0) is 17.7. The minimum Gasteiger partial charge on any atom is -0.444 e. The molecule has 0 spiro atoms. The molecule has 128 valence electrons. The summed E-state index contributed by atoms with van der Waals surface area (Å²) >= 11 is 0. The van der Waals surface area contributed by atoms with Gasteiger partial charge in [-0.15, -0.1) is 13.2 Å². The number of nitrogens with two attached hydrogens (primary N) is 1. The normalized spacial score (nSPS) is 12.3. The molecule has 0 saturated carbocycles. The number of nitrogen functional groups attached to an aromatic ring is 1. The SMILES string of the molecule is CC(C)(C)OC(=O)NCC=Cc1ccc(OC(F)(F)F)cc1N. The second-order valence-corrected chi connectivity index (χ2v) is 5.62. The van der Waals surface area contributed by atoms with Gasteiger partial charge >= 0.3 is 12.5 Å². The van der Waals surface area contributed by atoms with E-state index in [9.17, 15) is 18.0 Å². The van der Waals surface area contributed by atoms with Crippen LogP contribution in [0.25, 0.3) is 6.08 Å². The van der Waals surface area contributed by atoms with Crippen LogP contribution in [0, 0.1) is 0 Å². The minimum atomic E-state index is -4.76. The van der Waals surface area contributed by atoms with Crippen molar-refractivity contribution in [3.8, 4) is 5.75 Å². The van der Waals surface area contributed by atoms with Crippen LogP contribution in [-0.2, 0) is 4.74 Å². The molecular formula is C15H19F3N2O3. The Balaban J connectivity index is 2.56. The molecule has 0 aliphatic rings. The Kier molecular flexibility index (Phi) is 5.89. The number of amides is 1. The predicted molar refractivity (Wildman–Crippen MR) is 80.8 cm³/mol. The largest absolute Gasteiger partial charge is 0.573 e. The van der Waals surface area contributed by atoms with E-state index in [4.69, 9.17) is 10.5 Å². The van der Waals surface area contributed by atoms with Crippen molar-refractivity contribution in [2.24, 2.45) is 0 Å². The number of anilines is 1. The summed E-state index contributed by atoms with van der Waals surface area (Å²) in [5.74, 6) is -0.390. The van der Waals surface area contributed by atoms with E-state index in [1.54, 1.807) is 32.9 Å². The van der Waals surface area contributed by atoms with Crippen molar-refractivity contribution in [3.05, 3.63) is 29.8 Å². The van der Waals surface area contributed by atoms with Gasteiger partial charge in [0.25, 0.3) is 0 Å². The summed E-state index contributed by atoms with van der Waals surface area (Å²) in [5.41, 5.74) is 5.69. The van der Waals surface area contributed by atoms with Crippen LogP contribution < -0.4 is 15.8 Å². The lowest BCUT2D eigenvalue weighted by Gasteiger charge is -2.19. The monoisotopic (exact) mass is 332 g/mol. The van der Waals surface area contributed by atoms with Gasteiger partial charge in [-0.05, 0) is 38.5 Å². The molecule has 1 aromatic rings. The van der Waals surface area contributed by atoms with E-state index in [0.29, 0.717) is 5.56 Å². The van der Waals surface area contributed by atoms with E-state index >= 15 is 0 Å². The maximum atomic E-state index is 12.1. The van der Waals surface area contributed by atoms with Crippen LogP contribution in [-0.4, -0.2) is 24.6 Å². The third-order valence-corrected chi connectivity index (χ3v) is 2.35. The molecule has 0 aliphatic carbocycles. The summed E-state index contributed by atoms with van der Waals surface area (Å²) in [6.45, 7) is 5.42. The second kappa shape index (κ2) is 7.26. The number of carbonyl (C=O) groups excluding carboxylic acids is 1. The molecule has 1 amide bonds. The third-order valence-electron chi connectivity index (χ3n) is 2.35. The fourth-order valence-electron chi connectivity index (χ4n) is 1.54. The molecule has 1 aromatic carbocycles. The fourth-order valence-corrected chi connectivity index (χ4v) is 1.54. The minimum absolute atomic E-state index is 0.125. The third kappa shape index (κ3) is 7.98. The Labute approximate surface area is 132 Å². The van der Waals surface area contributed by atoms with Gasteiger partial charge in [0.15, 0.2) is 0 Å². The van der Waals surface area contributed by atoms with E-state index in [-0.39, 0.29) is 18.0 Å². The summed E-state index contributed by atoms with van der Waals surface area (Å²) in [7, 11) is 0. The van der Waals surface area contributed by atoms with E-state index in [1.165, 1.54) is 6.07 Å². The highest BCUT2D eigenvalue weighted by atomic mass is 19.4. The second-order valence-electron chi connectivity index (χ2n) is 5.62. The van der Waals surface area contributed by atoms with E-state index in [2.05, 4.69) is 10.1 Å². The van der Waals surface area contributed by atoms with Crippen molar-refractivity contribution in [3.63, 3.8) is 0 Å². The Morgan fingerprint density at radius 3 is 2.48 bits per heavy atom. The highest BCUT2D eigenvalue weighted by Gasteiger charge is 2.31. The first-order valence-electron chi connectivity index (χ1n) is 6.75. The maximum absolute atomic E-state index is 12.1. The predicted octanol–water partition coefficient (Wildman–Crippen LogP) is 3.71. The molecule has 0 aliphatic heterocycles. The summed E-state index contributed by atoms with van der Waals surface area (Å²) in [4.78, 5) is 11.4. The first-order chi connectivity index (χ1) is 10.5. The number of rotatable bonds is 4. The lowest BCUT2D eigenvalue weighted by molar-refractivity contribution is -0.274. The molecule has 0 unspecified atom stereocenters. The van der Waals surface area contributed by atoms with Crippen molar-refractivity contribution in [2.45, 2.75) is 32.7 Å². The van der Waals surface area contributed by atoms with Crippen LogP contribution in [0.4, 0.5) is 23.7 Å². The number of alkyl halides is 3. The first kappa shape index (κ1) is 18.7. The summed E-state index contributed by atoms with van der Waals surface area (Å²) in [6, 6.07) is 3.62. The van der Waals surface area contributed by atoms with Gasteiger partial charge in [-0.2, -0.15) is 0 Å². The quantitative estimate of drug-likeness (QED) is 0.825. The smallest absolute Gasteiger partial charge is 0.444 e. The number of nitrogens with one attached hydrogen (secondary N) is 1. The van der Waals surface area contributed by atoms with Crippen molar-refractivity contribution in [1.82, 2.24) is 5.32 Å². The standard InChI is InChI=1S/C15H19F3N2O3/c1-14(2,3)23-13(21)20-8-4-5-10-6-7-11(9-12(10)19)22-15(16,17)18/h4-7,9H,8,19H2,1-3H3,(H,20,21). The lowest BCUT2D eigenvalue weighted by Crippen LogP contribution is -2.32. The Morgan fingerprint density at radius 1 is 1.30 bits per heavy atom. The number of alkyl carbamates (subject to hydrolysis) is 1. The van der Waals surface area contributed by atoms with Gasteiger partial charge in [-0.3, -0.25) is 0 Å². The number of carbonyl (C=O) groups is 1. The van der Waals surface area contributed by atoms with Crippen LogP contribution in [0.3, 0.4) is 0 Å². The number of halogens is 3. The lowest BCUT2D eigenvalue weighted by atomic mass is 10.1. The van der Waals surface area contributed by atoms with Crippen LogP contribution in [0.2, 0.25) is 0 Å². The molecule has 0 saturated heterocycles. The van der Waals surface area contributed by atoms with Crippen molar-refractivity contribution < 1.29 is 27.4 Å². The highest BCUT2D eigenvalue weighted by Crippen LogP contribution is 2.26. The Morgan fingerprint density at radius 2 is 1.96 bits per heavy atom. The summed E-state index contributed by atoms with van der Waals surface area (Å²) in [6.07, 6.45) is -2.16. The molecule has 8 heteroatoms. The van der Waals surface area contributed by atoms with Gasteiger partial charge in [0.1, 0.15) is 11.4 Å². The van der Waals surface area contributed by atoms with E-state index in [0.717, 1.165) is 12.1 Å². The number of hydrogen-bond acceptors (Lipinski definition) is 4. The average molecular weight is 332 g/mol. The van der Waals surface area contributed by atoms with Gasteiger partial charge < -0.3 is 20.5 Å². The van der Waals surface area contributed by atoms with Crippen molar-refractivity contribution >= 4 is 17.9 Å². The molecule has 3 N–H and O–H groups in total. The molecule has 0 atom stereocenters. The van der Waals surface area contributed by atoms with Crippen LogP contribution in [0.1, 0.15) is 26.3 Å². The van der Waals surface area contributed by atoms with Crippen LogP contribution in [0.5, 0.6) is 5.75 Å². The maximum Gasteiger partial charge on any atom is 0.573 e. The number of benzene rings is 1. The molecular weight excluding hydrogens is 313 g/mol. The first-order valence-corrected chi connectivity index (χ1v) is 6.75. The summed E-state index contributed by atoms with van der Waals surface area (Å²) in [5, 5.41) is 2.51. The molecule has 0 radical (unpaired) electrons. The van der Waals surface area contributed by atoms with Gasteiger partial charge in [-0.25, -0.2) is 4.79 Å². The van der Waals surface area contributed by atoms with Gasteiger partial charge in [0, 0.05) is 18.3 Å². The molecule has 5 nitrogen and oxygen atoms in total. The van der Waals surface area contributed by atoms with Gasteiger partial charge in [0.05, 0.1) is 0 Å². The van der Waals surface area contributed by atoms with Crippen molar-refractivity contribution in [1.29, 1.82) is 0 Å². The fraction of sp³-hybridized carbons (Fsp3) is 0.400. The molecule has 0 bridgehead atoms. The zero-order valence-electron chi connectivity index (χ0n) is 13.0. The molecule has 0 aromatic heterocycles. The molecule has 1 rings (SSSR count). The van der Waals surface area contributed by atoms with Crippen LogP contribution in [0.15, 0.2) is 24.3 Å². The molecule has 23 heavy (non-hydrogen) atoms. The number of hydrogen-bond donors (Lipinski definition) is 2. The molecule has 0 fully saturated rings. The number of ether oxygens (including phenoxy) is 2. The Bertz CT molecular complexity index is 578. The molecule has 0 heterocycles. The highest BCUT2D eigenvalue weighted by molar-refractivity contribution is 5.69. The zero-order valence-corrected chi connectivity index (χ0v) is 13.0. The Hall–Kier alpha value is -2.38. The van der Waals surface area contributed by atoms with E-state index in [1.807, 2.05) is 0 Å². The van der Waals surface area contributed by atoms with Gasteiger partial charge in [0.2, 0.25) is 0 Å². The average Bonchev–Trinajstić information content (AvgIpc) is 2.32.